The van der Waals surface area contributed by atoms with Crippen LogP contribution in [0.1, 0.15) is 18.4 Å². The first-order chi connectivity index (χ1) is 7.24. The highest BCUT2D eigenvalue weighted by Crippen LogP contribution is 2.15. The topological polar surface area (TPSA) is 13.7 Å². The molecule has 2 rings (SSSR count). The Morgan fingerprint density at radius 1 is 1.33 bits per heavy atom. The number of hydrogen-bond acceptors (Lipinski definition) is 1. The van der Waals surface area contributed by atoms with E-state index in [4.69, 9.17) is 4.74 Å². The van der Waals surface area contributed by atoms with Crippen molar-refractivity contribution in [2.45, 2.75) is 25.9 Å². The second-order valence-corrected chi connectivity index (χ2v) is 4.40. The lowest BCUT2D eigenvalue weighted by atomic mass is 10.1. The molecule has 1 heterocycles. The minimum atomic E-state index is 0.342. The predicted molar refractivity (Wildman–Crippen MR) is 60.9 cm³/mol. The number of hydrogen-bond donors (Lipinski definition) is 1. The van der Waals surface area contributed by atoms with E-state index < -0.39 is 0 Å². The maximum atomic E-state index is 5.92. The van der Waals surface area contributed by atoms with E-state index in [2.05, 4.69) is 26.1 Å². The fourth-order valence-electron chi connectivity index (χ4n) is 2.02. The third kappa shape index (κ3) is 2.96. The molecule has 2 atom stereocenters. The molecular formula is C13H19NO. The van der Waals surface area contributed by atoms with Crippen LogP contribution >= 0.6 is 0 Å². The lowest BCUT2D eigenvalue weighted by molar-refractivity contribution is -0.862. The van der Waals surface area contributed by atoms with Crippen LogP contribution in [0.3, 0.4) is 0 Å². The summed E-state index contributed by atoms with van der Waals surface area (Å²) < 4.78 is 5.92. The van der Waals surface area contributed by atoms with Gasteiger partial charge in [-0.3, -0.25) is 0 Å². The van der Waals surface area contributed by atoms with Gasteiger partial charge in [-0.1, -0.05) is 17.7 Å². The van der Waals surface area contributed by atoms with Crippen LogP contribution in [0, 0.1) is 14.0 Å². The van der Waals surface area contributed by atoms with Gasteiger partial charge in [0.1, 0.15) is 11.9 Å². The van der Waals surface area contributed by atoms with Crippen molar-refractivity contribution in [2.24, 2.45) is 0 Å². The van der Waals surface area contributed by atoms with Crippen LogP contribution in [0.2, 0.25) is 0 Å². The van der Waals surface area contributed by atoms with Gasteiger partial charge in [-0.2, -0.15) is 7.05 Å². The molecule has 2 heteroatoms. The molecule has 2 unspecified atom stereocenters. The first kappa shape index (κ1) is 10.5. The molecule has 1 aliphatic heterocycles. The molecule has 82 valence electrons. The maximum absolute atomic E-state index is 5.92. The average molecular weight is 205 g/mol. The number of ether oxygens (including phenoxy) is 1. The Morgan fingerprint density at radius 2 is 2.07 bits per heavy atom. The normalized spacial score (nSPS) is 26.3. The Hall–Kier alpha value is -1.02. The molecule has 0 aromatic heterocycles. The van der Waals surface area contributed by atoms with E-state index >= 15 is 0 Å². The summed E-state index contributed by atoms with van der Waals surface area (Å²) in [6.07, 6.45) is 2.72. The van der Waals surface area contributed by atoms with Gasteiger partial charge in [0.05, 0.1) is 13.1 Å². The van der Waals surface area contributed by atoms with Gasteiger partial charge in [-0.25, -0.2) is 0 Å². The number of aryl methyl sites for hydroxylation is 1. The Bertz CT molecular complexity index is 307. The number of nitrogens with one attached hydrogen (secondary N) is 1. The number of piperidine rings is 1. The largest absolute Gasteiger partial charge is 0.485 e. The summed E-state index contributed by atoms with van der Waals surface area (Å²) in [7, 11) is 4.04. The molecule has 1 fully saturated rings. The van der Waals surface area contributed by atoms with Gasteiger partial charge >= 0.3 is 0 Å². The lowest BCUT2D eigenvalue weighted by Gasteiger charge is -2.31. The van der Waals surface area contributed by atoms with E-state index in [9.17, 15) is 0 Å². The first-order valence-corrected chi connectivity index (χ1v) is 5.64. The highest BCUT2D eigenvalue weighted by molar-refractivity contribution is 5.26. The maximum Gasteiger partial charge on any atom is 0.145 e. The second kappa shape index (κ2) is 4.67. The molecule has 1 saturated heterocycles. The van der Waals surface area contributed by atoms with Crippen molar-refractivity contribution < 1.29 is 9.64 Å². The minimum Gasteiger partial charge on any atom is -0.485 e. The third-order valence-corrected chi connectivity index (χ3v) is 2.90. The fourth-order valence-corrected chi connectivity index (χ4v) is 2.02. The molecule has 1 aliphatic rings. The number of rotatable bonds is 2. The van der Waals surface area contributed by atoms with Gasteiger partial charge in [0.2, 0.25) is 0 Å². The summed E-state index contributed by atoms with van der Waals surface area (Å²) in [5.74, 6) is 0.986. The van der Waals surface area contributed by atoms with Gasteiger partial charge in [-0.05, 0) is 31.9 Å². The number of likely N-dealkylation sites (tertiary alicyclic amines) is 1. The van der Waals surface area contributed by atoms with E-state index in [0.717, 1.165) is 18.7 Å². The van der Waals surface area contributed by atoms with Gasteiger partial charge in [-0.15, -0.1) is 0 Å². The Balaban J connectivity index is 1.93. The van der Waals surface area contributed by atoms with Crippen LogP contribution in [0.15, 0.2) is 24.3 Å². The number of quaternary nitrogens is 1. The molecule has 0 spiro atoms. The fraction of sp³-hybridized carbons (Fsp3) is 0.462. The highest BCUT2D eigenvalue weighted by Gasteiger charge is 2.18. The SMILES string of the molecule is [CH2-][NH+]1CCCC(Oc2ccc(C)cc2)C1. The Labute approximate surface area is 91.9 Å². The van der Waals surface area contributed by atoms with Crippen molar-refractivity contribution in [2.75, 3.05) is 13.1 Å². The van der Waals surface area contributed by atoms with E-state index in [1.54, 1.807) is 0 Å². The molecule has 15 heavy (non-hydrogen) atoms. The summed E-state index contributed by atoms with van der Waals surface area (Å²) in [5.41, 5.74) is 1.27. The molecule has 0 radical (unpaired) electrons. The Morgan fingerprint density at radius 3 is 2.73 bits per heavy atom. The zero-order chi connectivity index (χ0) is 10.7. The van der Waals surface area contributed by atoms with Crippen molar-refractivity contribution in [1.82, 2.24) is 0 Å². The van der Waals surface area contributed by atoms with E-state index in [0.29, 0.717) is 6.10 Å². The zero-order valence-corrected chi connectivity index (χ0v) is 9.33. The van der Waals surface area contributed by atoms with Crippen molar-refractivity contribution in [3.05, 3.63) is 36.9 Å². The molecule has 1 aromatic carbocycles. The predicted octanol–water partition coefficient (Wildman–Crippen LogP) is 1.21. The standard InChI is InChI=1S/C13H19NO/c1-11-5-7-12(8-6-11)15-13-4-3-9-14(2)10-13/h5-8,13-14H,2-4,9-10H2,1H3. The second-order valence-electron chi connectivity index (χ2n) is 4.40. The highest BCUT2D eigenvalue weighted by atomic mass is 16.5. The molecule has 0 bridgehead atoms. The lowest BCUT2D eigenvalue weighted by Crippen LogP contribution is -3.09. The number of benzene rings is 1. The molecule has 0 amide bonds. The summed E-state index contributed by atoms with van der Waals surface area (Å²) in [6, 6.07) is 8.28. The molecule has 2 nitrogen and oxygen atoms in total. The van der Waals surface area contributed by atoms with Crippen LogP contribution in [-0.2, 0) is 0 Å². The van der Waals surface area contributed by atoms with Gasteiger partial charge < -0.3 is 9.64 Å². The van der Waals surface area contributed by atoms with Gasteiger partial charge in [0, 0.05) is 0 Å². The molecule has 1 aromatic rings. The van der Waals surface area contributed by atoms with Gasteiger partial charge in [0.15, 0.2) is 0 Å². The zero-order valence-electron chi connectivity index (χ0n) is 9.33. The third-order valence-electron chi connectivity index (χ3n) is 2.90. The van der Waals surface area contributed by atoms with Crippen molar-refractivity contribution in [3.8, 4) is 5.75 Å². The van der Waals surface area contributed by atoms with Crippen LogP contribution in [0.25, 0.3) is 0 Å². The quantitative estimate of drug-likeness (QED) is 0.717. The van der Waals surface area contributed by atoms with Crippen molar-refractivity contribution in [1.29, 1.82) is 0 Å². The summed E-state index contributed by atoms with van der Waals surface area (Å²) in [4.78, 5) is 1.33. The van der Waals surface area contributed by atoms with E-state index in [-0.39, 0.29) is 0 Å². The first-order valence-electron chi connectivity index (χ1n) is 5.64. The molecule has 0 saturated carbocycles. The van der Waals surface area contributed by atoms with Crippen LogP contribution in [0.5, 0.6) is 5.75 Å². The van der Waals surface area contributed by atoms with Crippen LogP contribution in [-0.4, -0.2) is 19.2 Å². The smallest absolute Gasteiger partial charge is 0.145 e. The minimum absolute atomic E-state index is 0.342. The van der Waals surface area contributed by atoms with Crippen molar-refractivity contribution in [3.63, 3.8) is 0 Å². The summed E-state index contributed by atoms with van der Waals surface area (Å²) >= 11 is 0. The van der Waals surface area contributed by atoms with E-state index in [1.807, 2.05) is 12.1 Å². The summed E-state index contributed by atoms with van der Waals surface area (Å²) in [5, 5.41) is 0. The van der Waals surface area contributed by atoms with Crippen LogP contribution < -0.4 is 9.64 Å². The van der Waals surface area contributed by atoms with Crippen LogP contribution in [0.4, 0.5) is 0 Å². The molecule has 0 aliphatic carbocycles. The average Bonchev–Trinajstić information content (AvgIpc) is 2.22. The monoisotopic (exact) mass is 205 g/mol. The van der Waals surface area contributed by atoms with E-state index in [1.165, 1.54) is 23.4 Å². The van der Waals surface area contributed by atoms with Gasteiger partial charge in [0.25, 0.3) is 0 Å². The summed E-state index contributed by atoms with van der Waals surface area (Å²) in [6.45, 7) is 4.29. The molecular weight excluding hydrogens is 186 g/mol. The van der Waals surface area contributed by atoms with Crippen molar-refractivity contribution >= 4 is 0 Å². The molecule has 1 N–H and O–H groups in total. The Kier molecular flexibility index (Phi) is 3.27.